The number of rotatable bonds is 6. The summed E-state index contributed by atoms with van der Waals surface area (Å²) in [5.41, 5.74) is 2.54. The van der Waals surface area contributed by atoms with E-state index in [4.69, 9.17) is 4.74 Å². The van der Waals surface area contributed by atoms with E-state index in [0.29, 0.717) is 24.6 Å². The van der Waals surface area contributed by atoms with E-state index >= 15 is 0 Å². The summed E-state index contributed by atoms with van der Waals surface area (Å²) in [6.07, 6.45) is 2.42. The number of hydrogen-bond acceptors (Lipinski definition) is 5. The van der Waals surface area contributed by atoms with Crippen molar-refractivity contribution in [1.82, 2.24) is 15.5 Å². The molecule has 3 rings (SSSR count). The molecule has 24 heavy (non-hydrogen) atoms. The van der Waals surface area contributed by atoms with E-state index in [1.807, 2.05) is 31.2 Å². The second-order valence-electron chi connectivity index (χ2n) is 5.99. The van der Waals surface area contributed by atoms with Gasteiger partial charge in [-0.3, -0.25) is 4.79 Å². The Labute approximate surface area is 141 Å². The van der Waals surface area contributed by atoms with Gasteiger partial charge >= 0.3 is 0 Å². The molecular weight excluding hydrogens is 304 g/mol. The molecule has 126 valence electrons. The molecule has 1 fully saturated rings. The van der Waals surface area contributed by atoms with Crippen LogP contribution in [0.5, 0.6) is 0 Å². The van der Waals surface area contributed by atoms with Crippen molar-refractivity contribution in [3.8, 4) is 0 Å². The minimum absolute atomic E-state index is 0.227. The number of aryl methyl sites for hydroxylation is 1. The van der Waals surface area contributed by atoms with E-state index in [9.17, 15) is 4.79 Å². The van der Waals surface area contributed by atoms with Gasteiger partial charge in [0.15, 0.2) is 5.69 Å². The standard InChI is InChI=1S/C18H22N4O2/c1-13-4-2-5-14(10-13)11-20-18(23)16-7-8-17(22-21-16)19-12-15-6-3-9-24-15/h2,4-5,7-8,10,15H,3,6,9,11-12H2,1H3,(H,19,22)(H,20,23). The highest BCUT2D eigenvalue weighted by molar-refractivity contribution is 5.92. The first kappa shape index (κ1) is 16.4. The maximum absolute atomic E-state index is 12.1. The van der Waals surface area contributed by atoms with Gasteiger partial charge in [0.2, 0.25) is 0 Å². The molecule has 1 aromatic carbocycles. The monoisotopic (exact) mass is 326 g/mol. The van der Waals surface area contributed by atoms with Crippen LogP contribution >= 0.6 is 0 Å². The predicted molar refractivity (Wildman–Crippen MR) is 91.8 cm³/mol. The maximum atomic E-state index is 12.1. The van der Waals surface area contributed by atoms with Crippen LogP contribution in [0.3, 0.4) is 0 Å². The van der Waals surface area contributed by atoms with Gasteiger partial charge in [-0.25, -0.2) is 0 Å². The SMILES string of the molecule is Cc1cccc(CNC(=O)c2ccc(NCC3CCCO3)nn2)c1. The van der Waals surface area contributed by atoms with Crippen LogP contribution in [0.15, 0.2) is 36.4 Å². The Balaban J connectivity index is 1.49. The molecule has 1 aliphatic rings. The van der Waals surface area contributed by atoms with Gasteiger partial charge in [-0.1, -0.05) is 29.8 Å². The van der Waals surface area contributed by atoms with Crippen LogP contribution in [0.25, 0.3) is 0 Å². The Morgan fingerprint density at radius 1 is 1.29 bits per heavy atom. The van der Waals surface area contributed by atoms with Gasteiger partial charge in [-0.05, 0) is 37.5 Å². The quantitative estimate of drug-likeness (QED) is 0.852. The fourth-order valence-corrected chi connectivity index (χ4v) is 2.67. The molecule has 0 aliphatic carbocycles. The van der Waals surface area contributed by atoms with E-state index in [-0.39, 0.29) is 12.0 Å². The van der Waals surface area contributed by atoms with Gasteiger partial charge in [0.25, 0.3) is 5.91 Å². The third-order valence-corrected chi connectivity index (χ3v) is 3.97. The van der Waals surface area contributed by atoms with Crippen molar-refractivity contribution in [2.75, 3.05) is 18.5 Å². The van der Waals surface area contributed by atoms with Crippen LogP contribution < -0.4 is 10.6 Å². The van der Waals surface area contributed by atoms with Gasteiger partial charge in [0, 0.05) is 19.7 Å². The smallest absolute Gasteiger partial charge is 0.272 e. The molecule has 1 unspecified atom stereocenters. The largest absolute Gasteiger partial charge is 0.376 e. The Morgan fingerprint density at radius 3 is 2.92 bits per heavy atom. The van der Waals surface area contributed by atoms with Crippen molar-refractivity contribution in [2.45, 2.75) is 32.4 Å². The summed E-state index contributed by atoms with van der Waals surface area (Å²) in [6, 6.07) is 11.5. The average Bonchev–Trinajstić information content (AvgIpc) is 3.12. The van der Waals surface area contributed by atoms with Crippen LogP contribution in [-0.4, -0.2) is 35.4 Å². The topological polar surface area (TPSA) is 76.1 Å². The molecule has 1 atom stereocenters. The van der Waals surface area contributed by atoms with Crippen molar-refractivity contribution in [3.63, 3.8) is 0 Å². The number of aromatic nitrogens is 2. The Bertz CT molecular complexity index is 682. The highest BCUT2D eigenvalue weighted by atomic mass is 16.5. The van der Waals surface area contributed by atoms with Crippen LogP contribution in [0.1, 0.15) is 34.5 Å². The maximum Gasteiger partial charge on any atom is 0.272 e. The number of amides is 1. The molecule has 2 heterocycles. The average molecular weight is 326 g/mol. The highest BCUT2D eigenvalue weighted by Crippen LogP contribution is 2.12. The van der Waals surface area contributed by atoms with E-state index in [2.05, 4.69) is 20.8 Å². The first-order valence-corrected chi connectivity index (χ1v) is 8.23. The minimum atomic E-state index is -0.227. The zero-order chi connectivity index (χ0) is 16.8. The van der Waals surface area contributed by atoms with Crippen LogP contribution in [0.2, 0.25) is 0 Å². The Morgan fingerprint density at radius 2 is 2.21 bits per heavy atom. The summed E-state index contributed by atoms with van der Waals surface area (Å²) >= 11 is 0. The molecule has 0 bridgehead atoms. The summed E-state index contributed by atoms with van der Waals surface area (Å²) in [5.74, 6) is 0.426. The van der Waals surface area contributed by atoms with Crippen molar-refractivity contribution in [3.05, 3.63) is 53.2 Å². The van der Waals surface area contributed by atoms with Crippen LogP contribution in [0, 0.1) is 6.92 Å². The lowest BCUT2D eigenvalue weighted by molar-refractivity contribution is 0.0945. The van der Waals surface area contributed by atoms with Crippen molar-refractivity contribution in [2.24, 2.45) is 0 Å². The van der Waals surface area contributed by atoms with E-state index < -0.39 is 0 Å². The van der Waals surface area contributed by atoms with Crippen LogP contribution in [0.4, 0.5) is 5.82 Å². The van der Waals surface area contributed by atoms with Gasteiger partial charge < -0.3 is 15.4 Å². The zero-order valence-corrected chi connectivity index (χ0v) is 13.8. The third kappa shape index (κ3) is 4.52. The second-order valence-corrected chi connectivity index (χ2v) is 5.99. The zero-order valence-electron chi connectivity index (χ0n) is 13.8. The number of ether oxygens (including phenoxy) is 1. The molecule has 6 nitrogen and oxygen atoms in total. The lowest BCUT2D eigenvalue weighted by Gasteiger charge is -2.11. The van der Waals surface area contributed by atoms with Crippen molar-refractivity contribution >= 4 is 11.7 Å². The van der Waals surface area contributed by atoms with E-state index in [1.165, 1.54) is 5.56 Å². The molecular formula is C18H22N4O2. The van der Waals surface area contributed by atoms with Gasteiger partial charge in [-0.15, -0.1) is 10.2 Å². The van der Waals surface area contributed by atoms with Gasteiger partial charge in [-0.2, -0.15) is 0 Å². The van der Waals surface area contributed by atoms with E-state index in [0.717, 1.165) is 25.0 Å². The fraction of sp³-hybridized carbons (Fsp3) is 0.389. The lowest BCUT2D eigenvalue weighted by atomic mass is 10.1. The molecule has 0 saturated carbocycles. The molecule has 2 aromatic rings. The first-order valence-electron chi connectivity index (χ1n) is 8.23. The summed E-state index contributed by atoms with van der Waals surface area (Å²) in [7, 11) is 0. The molecule has 0 radical (unpaired) electrons. The number of nitrogens with one attached hydrogen (secondary N) is 2. The summed E-state index contributed by atoms with van der Waals surface area (Å²) in [6.45, 7) is 4.05. The summed E-state index contributed by atoms with van der Waals surface area (Å²) < 4.78 is 5.54. The third-order valence-electron chi connectivity index (χ3n) is 3.97. The molecule has 1 aromatic heterocycles. The first-order chi connectivity index (χ1) is 11.7. The Hall–Kier alpha value is -2.47. The minimum Gasteiger partial charge on any atom is -0.376 e. The lowest BCUT2D eigenvalue weighted by Crippen LogP contribution is -2.24. The molecule has 2 N–H and O–H groups in total. The Kier molecular flexibility index (Phi) is 5.38. The van der Waals surface area contributed by atoms with Crippen molar-refractivity contribution in [1.29, 1.82) is 0 Å². The molecule has 6 heteroatoms. The molecule has 1 aliphatic heterocycles. The van der Waals surface area contributed by atoms with E-state index in [1.54, 1.807) is 12.1 Å². The normalized spacial score (nSPS) is 16.8. The molecule has 1 amide bonds. The van der Waals surface area contributed by atoms with Gasteiger partial charge in [0.05, 0.1) is 6.10 Å². The number of hydrogen-bond donors (Lipinski definition) is 2. The number of carbonyl (C=O) groups excluding carboxylic acids is 1. The molecule has 1 saturated heterocycles. The van der Waals surface area contributed by atoms with Crippen molar-refractivity contribution < 1.29 is 9.53 Å². The number of anilines is 1. The fourth-order valence-electron chi connectivity index (χ4n) is 2.67. The molecule has 0 spiro atoms. The summed E-state index contributed by atoms with van der Waals surface area (Å²) in [4.78, 5) is 12.1. The van der Waals surface area contributed by atoms with Crippen LogP contribution in [-0.2, 0) is 11.3 Å². The number of carbonyl (C=O) groups is 1. The van der Waals surface area contributed by atoms with Gasteiger partial charge in [0.1, 0.15) is 5.82 Å². The number of benzene rings is 1. The number of nitrogens with zero attached hydrogens (tertiary/aromatic N) is 2. The highest BCUT2D eigenvalue weighted by Gasteiger charge is 2.15. The predicted octanol–water partition coefficient (Wildman–Crippen LogP) is 2.31. The second kappa shape index (κ2) is 7.88. The summed E-state index contributed by atoms with van der Waals surface area (Å²) in [5, 5.41) is 14.1.